The second kappa shape index (κ2) is 16.1. The number of Topliss-reactive ketones (excluding diaryl/α,β-unsaturated/α-hetero) is 1. The van der Waals surface area contributed by atoms with Crippen molar-refractivity contribution in [3.05, 3.63) is 29.8 Å². The molecule has 0 amide bonds. The third kappa shape index (κ3) is 12.5. The van der Waals surface area contributed by atoms with Crippen molar-refractivity contribution in [1.29, 1.82) is 0 Å². The van der Waals surface area contributed by atoms with Gasteiger partial charge in [-0.2, -0.15) is 0 Å². The van der Waals surface area contributed by atoms with Crippen LogP contribution in [0.3, 0.4) is 0 Å². The number of nitrogens with one attached hydrogen (secondary N) is 1. The number of unbranched alkanes of at least 4 members (excludes halogenated alkanes) is 11. The fraction of sp³-hybridized carbons (Fsp3) is 0.667. The second-order valence-corrected chi connectivity index (χ2v) is 7.60. The zero-order chi connectivity index (χ0) is 20.5. The third-order valence-electron chi connectivity index (χ3n) is 4.97. The molecule has 0 radical (unpaired) electrons. The number of ketones is 1. The van der Waals surface area contributed by atoms with Crippen LogP contribution in [0.5, 0.6) is 0 Å². The van der Waals surface area contributed by atoms with Crippen molar-refractivity contribution in [1.82, 2.24) is 0 Å². The Morgan fingerprint density at radius 3 is 1.79 bits per heavy atom. The Bertz CT molecular complexity index is 539. The summed E-state index contributed by atoms with van der Waals surface area (Å²) >= 11 is 0. The van der Waals surface area contributed by atoms with Gasteiger partial charge >= 0.3 is 5.97 Å². The van der Waals surface area contributed by atoms with Gasteiger partial charge in [0, 0.05) is 24.7 Å². The van der Waals surface area contributed by atoms with Crippen LogP contribution >= 0.6 is 0 Å². The number of benzene rings is 1. The van der Waals surface area contributed by atoms with E-state index in [1.165, 1.54) is 84.0 Å². The molecule has 0 aliphatic carbocycles. The summed E-state index contributed by atoms with van der Waals surface area (Å²) in [5, 5.41) is 3.40. The zero-order valence-electron chi connectivity index (χ0n) is 17.9. The normalized spacial score (nSPS) is 10.6. The Balaban J connectivity index is 1.99. The van der Waals surface area contributed by atoms with Gasteiger partial charge in [0.25, 0.3) is 0 Å². The predicted molar refractivity (Wildman–Crippen MR) is 117 cm³/mol. The highest BCUT2D eigenvalue weighted by Crippen LogP contribution is 2.13. The first-order valence-corrected chi connectivity index (χ1v) is 11.1. The van der Waals surface area contributed by atoms with Gasteiger partial charge in [-0.15, -0.1) is 0 Å². The molecule has 0 saturated carbocycles. The summed E-state index contributed by atoms with van der Waals surface area (Å²) in [6.07, 6.45) is 16.3. The number of carbonyl (C=O) groups excluding carboxylic acids is 2. The highest BCUT2D eigenvalue weighted by atomic mass is 16.5. The molecular weight excluding hydrogens is 350 g/mol. The van der Waals surface area contributed by atoms with Crippen molar-refractivity contribution in [2.24, 2.45) is 0 Å². The van der Waals surface area contributed by atoms with E-state index < -0.39 is 5.97 Å². The molecule has 28 heavy (non-hydrogen) atoms. The Hall–Kier alpha value is -1.84. The molecule has 0 saturated heterocycles. The Labute approximate surface area is 171 Å². The molecule has 0 unspecified atom stereocenters. The van der Waals surface area contributed by atoms with Crippen LogP contribution in [0, 0.1) is 0 Å². The lowest BCUT2D eigenvalue weighted by Crippen LogP contribution is -2.11. The molecule has 0 heterocycles. The molecule has 4 heteroatoms. The minimum atomic E-state index is -0.436. The van der Waals surface area contributed by atoms with E-state index in [1.54, 1.807) is 12.1 Å². The van der Waals surface area contributed by atoms with Crippen LogP contribution in [0.4, 0.5) is 5.69 Å². The van der Waals surface area contributed by atoms with E-state index in [0.717, 1.165) is 12.2 Å². The molecule has 158 valence electrons. The van der Waals surface area contributed by atoms with E-state index in [1.807, 2.05) is 12.1 Å². The first-order chi connectivity index (χ1) is 13.6. The smallest absolute Gasteiger partial charge is 0.303 e. The Morgan fingerprint density at radius 2 is 1.29 bits per heavy atom. The fourth-order valence-corrected chi connectivity index (χ4v) is 3.22. The standard InChI is InChI=1S/C24H39NO3/c1-3-4-5-6-7-8-9-10-11-12-13-14-19-25-23-17-15-22(16-18-23)24(27)20-28-21(2)26/h15-18,25H,3-14,19-20H2,1-2H3. The van der Waals surface area contributed by atoms with Gasteiger partial charge in [-0.25, -0.2) is 0 Å². The van der Waals surface area contributed by atoms with Gasteiger partial charge in [0.15, 0.2) is 12.4 Å². The number of anilines is 1. The van der Waals surface area contributed by atoms with Gasteiger partial charge in [0.05, 0.1) is 0 Å². The first-order valence-electron chi connectivity index (χ1n) is 11.1. The highest BCUT2D eigenvalue weighted by molar-refractivity contribution is 5.98. The first kappa shape index (κ1) is 24.2. The number of hydrogen-bond donors (Lipinski definition) is 1. The number of rotatable bonds is 17. The van der Waals surface area contributed by atoms with E-state index in [9.17, 15) is 9.59 Å². The van der Waals surface area contributed by atoms with Crippen LogP contribution in [0.15, 0.2) is 24.3 Å². The van der Waals surface area contributed by atoms with Crippen molar-refractivity contribution in [2.75, 3.05) is 18.5 Å². The van der Waals surface area contributed by atoms with Crippen molar-refractivity contribution < 1.29 is 14.3 Å². The van der Waals surface area contributed by atoms with E-state index in [0.29, 0.717) is 5.56 Å². The monoisotopic (exact) mass is 389 g/mol. The van der Waals surface area contributed by atoms with E-state index in [2.05, 4.69) is 12.2 Å². The lowest BCUT2D eigenvalue weighted by atomic mass is 10.1. The van der Waals surface area contributed by atoms with Gasteiger partial charge < -0.3 is 10.1 Å². The van der Waals surface area contributed by atoms with Crippen molar-refractivity contribution in [3.8, 4) is 0 Å². The number of carbonyl (C=O) groups is 2. The van der Waals surface area contributed by atoms with Gasteiger partial charge in [0.2, 0.25) is 0 Å². The quantitative estimate of drug-likeness (QED) is 0.186. The average Bonchev–Trinajstić information content (AvgIpc) is 2.70. The summed E-state index contributed by atoms with van der Waals surface area (Å²) in [7, 11) is 0. The maximum atomic E-state index is 11.8. The molecule has 0 fully saturated rings. The molecule has 1 aromatic rings. The summed E-state index contributed by atoms with van der Waals surface area (Å²) in [5.41, 5.74) is 1.59. The molecule has 0 atom stereocenters. The predicted octanol–water partition coefficient (Wildman–Crippen LogP) is 6.55. The maximum absolute atomic E-state index is 11.8. The van der Waals surface area contributed by atoms with Crippen molar-refractivity contribution in [2.45, 2.75) is 90.9 Å². The molecule has 0 aliphatic heterocycles. The molecular formula is C24H39NO3. The molecule has 0 aliphatic rings. The van der Waals surface area contributed by atoms with Gasteiger partial charge in [-0.3, -0.25) is 9.59 Å². The van der Waals surface area contributed by atoms with Crippen LogP contribution in [-0.4, -0.2) is 24.9 Å². The second-order valence-electron chi connectivity index (χ2n) is 7.60. The molecule has 4 nitrogen and oxygen atoms in total. The molecule has 1 aromatic carbocycles. The number of hydrogen-bond acceptors (Lipinski definition) is 4. The third-order valence-corrected chi connectivity index (χ3v) is 4.97. The lowest BCUT2D eigenvalue weighted by molar-refractivity contribution is -0.139. The summed E-state index contributed by atoms with van der Waals surface area (Å²) < 4.78 is 4.74. The van der Waals surface area contributed by atoms with Crippen LogP contribution in [0.2, 0.25) is 0 Å². The number of ether oxygens (including phenoxy) is 1. The minimum absolute atomic E-state index is 0.178. The lowest BCUT2D eigenvalue weighted by Gasteiger charge is -2.08. The Kier molecular flexibility index (Phi) is 14.0. The topological polar surface area (TPSA) is 55.4 Å². The fourth-order valence-electron chi connectivity index (χ4n) is 3.22. The van der Waals surface area contributed by atoms with Crippen LogP contribution in [-0.2, 0) is 9.53 Å². The van der Waals surface area contributed by atoms with Gasteiger partial charge in [-0.1, -0.05) is 77.6 Å². The van der Waals surface area contributed by atoms with Gasteiger partial charge in [-0.05, 0) is 30.7 Å². The summed E-state index contributed by atoms with van der Waals surface area (Å²) in [6, 6.07) is 7.36. The number of esters is 1. The van der Waals surface area contributed by atoms with Crippen LogP contribution < -0.4 is 5.32 Å². The van der Waals surface area contributed by atoms with E-state index >= 15 is 0 Å². The molecule has 1 N–H and O–H groups in total. The van der Waals surface area contributed by atoms with Gasteiger partial charge in [0.1, 0.15) is 0 Å². The Morgan fingerprint density at radius 1 is 0.786 bits per heavy atom. The van der Waals surface area contributed by atoms with Crippen LogP contribution in [0.25, 0.3) is 0 Å². The van der Waals surface area contributed by atoms with E-state index in [4.69, 9.17) is 4.74 Å². The molecule has 1 rings (SSSR count). The summed E-state index contributed by atoms with van der Waals surface area (Å²) in [5.74, 6) is -0.614. The zero-order valence-corrected chi connectivity index (χ0v) is 17.9. The molecule has 0 bridgehead atoms. The van der Waals surface area contributed by atoms with Crippen molar-refractivity contribution >= 4 is 17.4 Å². The average molecular weight is 390 g/mol. The summed E-state index contributed by atoms with van der Waals surface area (Å²) in [4.78, 5) is 22.6. The highest BCUT2D eigenvalue weighted by Gasteiger charge is 2.07. The molecule has 0 aromatic heterocycles. The largest absolute Gasteiger partial charge is 0.457 e. The van der Waals surface area contributed by atoms with Crippen molar-refractivity contribution in [3.63, 3.8) is 0 Å². The minimum Gasteiger partial charge on any atom is -0.457 e. The van der Waals surface area contributed by atoms with Crippen LogP contribution in [0.1, 0.15) is 101 Å². The SMILES string of the molecule is CCCCCCCCCCCCCCNc1ccc(C(=O)COC(C)=O)cc1. The summed E-state index contributed by atoms with van der Waals surface area (Å²) in [6.45, 7) is 4.33. The van der Waals surface area contributed by atoms with E-state index in [-0.39, 0.29) is 12.4 Å². The molecule has 0 spiro atoms. The maximum Gasteiger partial charge on any atom is 0.303 e.